The zero-order valence-electron chi connectivity index (χ0n) is 9.02. The molecule has 0 aliphatic heterocycles. The summed E-state index contributed by atoms with van der Waals surface area (Å²) >= 11 is 0. The van der Waals surface area contributed by atoms with Crippen LogP contribution in [0.15, 0.2) is 11.2 Å². The summed E-state index contributed by atoms with van der Waals surface area (Å²) < 4.78 is 2.03. The van der Waals surface area contributed by atoms with Crippen LogP contribution < -0.4 is 0 Å². The molecular formula is C10H14N2O3. The monoisotopic (exact) mass is 210 g/mol. The SMILES string of the molecule is Cc1cc(/C=N\OCC(=O)O)c(C)n1C. The van der Waals surface area contributed by atoms with Crippen LogP contribution in [0.25, 0.3) is 0 Å². The van der Waals surface area contributed by atoms with Gasteiger partial charge in [-0.2, -0.15) is 0 Å². The van der Waals surface area contributed by atoms with Crippen LogP contribution in [0, 0.1) is 13.8 Å². The van der Waals surface area contributed by atoms with Crippen molar-refractivity contribution in [1.29, 1.82) is 0 Å². The maximum absolute atomic E-state index is 10.1. The molecule has 5 nitrogen and oxygen atoms in total. The van der Waals surface area contributed by atoms with Crippen molar-refractivity contribution in [2.45, 2.75) is 13.8 Å². The van der Waals surface area contributed by atoms with Gasteiger partial charge in [0.05, 0.1) is 6.21 Å². The van der Waals surface area contributed by atoms with Gasteiger partial charge in [0, 0.05) is 24.0 Å². The molecule has 0 atom stereocenters. The molecule has 1 N–H and O–H groups in total. The van der Waals surface area contributed by atoms with Gasteiger partial charge < -0.3 is 14.5 Å². The molecule has 1 heterocycles. The fourth-order valence-corrected chi connectivity index (χ4v) is 1.20. The molecule has 0 bridgehead atoms. The van der Waals surface area contributed by atoms with Gasteiger partial charge in [0.1, 0.15) is 0 Å². The van der Waals surface area contributed by atoms with E-state index in [2.05, 4.69) is 9.99 Å². The highest BCUT2D eigenvalue weighted by Crippen LogP contribution is 2.10. The van der Waals surface area contributed by atoms with Crippen molar-refractivity contribution in [2.75, 3.05) is 6.61 Å². The summed E-state index contributed by atoms with van der Waals surface area (Å²) in [5.41, 5.74) is 3.11. The normalized spacial score (nSPS) is 10.9. The molecule has 5 heteroatoms. The third-order valence-electron chi connectivity index (χ3n) is 2.27. The van der Waals surface area contributed by atoms with Gasteiger partial charge in [-0.25, -0.2) is 4.79 Å². The van der Waals surface area contributed by atoms with Crippen LogP contribution in [0.5, 0.6) is 0 Å². The van der Waals surface area contributed by atoms with E-state index in [1.807, 2.05) is 31.5 Å². The average Bonchev–Trinajstić information content (AvgIpc) is 2.41. The van der Waals surface area contributed by atoms with E-state index in [0.29, 0.717) is 0 Å². The maximum atomic E-state index is 10.1. The molecule has 1 rings (SSSR count). The first-order valence-corrected chi connectivity index (χ1v) is 4.52. The fourth-order valence-electron chi connectivity index (χ4n) is 1.20. The lowest BCUT2D eigenvalue weighted by Crippen LogP contribution is -2.03. The minimum atomic E-state index is -1.03. The van der Waals surface area contributed by atoms with E-state index in [1.54, 1.807) is 0 Å². The quantitative estimate of drug-likeness (QED) is 0.597. The van der Waals surface area contributed by atoms with Gasteiger partial charge in [0.25, 0.3) is 0 Å². The number of oxime groups is 1. The molecule has 0 amide bonds. The second-order valence-corrected chi connectivity index (χ2v) is 3.29. The smallest absolute Gasteiger partial charge is 0.344 e. The van der Waals surface area contributed by atoms with Crippen molar-refractivity contribution in [3.63, 3.8) is 0 Å². The number of carboxylic acid groups (broad SMARTS) is 1. The van der Waals surface area contributed by atoms with Crippen molar-refractivity contribution in [3.05, 3.63) is 23.0 Å². The maximum Gasteiger partial charge on any atom is 0.344 e. The molecule has 1 aromatic heterocycles. The number of hydrogen-bond donors (Lipinski definition) is 1. The largest absolute Gasteiger partial charge is 0.479 e. The summed E-state index contributed by atoms with van der Waals surface area (Å²) in [7, 11) is 1.96. The van der Waals surface area contributed by atoms with Crippen molar-refractivity contribution in [2.24, 2.45) is 12.2 Å². The van der Waals surface area contributed by atoms with E-state index in [1.165, 1.54) is 6.21 Å². The minimum absolute atomic E-state index is 0.415. The first-order valence-electron chi connectivity index (χ1n) is 4.52. The molecule has 82 valence electrons. The molecule has 0 saturated heterocycles. The van der Waals surface area contributed by atoms with Crippen LogP contribution in [-0.4, -0.2) is 28.5 Å². The molecule has 0 aliphatic carbocycles. The summed E-state index contributed by atoms with van der Waals surface area (Å²) in [6.07, 6.45) is 1.52. The number of nitrogens with zero attached hydrogens (tertiary/aromatic N) is 2. The van der Waals surface area contributed by atoms with E-state index >= 15 is 0 Å². The molecule has 0 aliphatic rings. The standard InChI is InChI=1S/C10H14N2O3/c1-7-4-9(8(2)12(7)3)5-11-15-6-10(13)14/h4-5H,6H2,1-3H3,(H,13,14)/b11-5-. The van der Waals surface area contributed by atoms with Gasteiger partial charge in [-0.1, -0.05) is 5.16 Å². The number of aliphatic carboxylic acids is 1. The molecule has 0 aromatic carbocycles. The zero-order chi connectivity index (χ0) is 11.4. The Hall–Kier alpha value is -1.78. The van der Waals surface area contributed by atoms with Crippen LogP contribution in [0.4, 0.5) is 0 Å². The lowest BCUT2D eigenvalue weighted by atomic mass is 10.3. The molecule has 0 saturated carbocycles. The summed E-state index contributed by atoms with van der Waals surface area (Å²) in [5, 5.41) is 11.9. The van der Waals surface area contributed by atoms with Gasteiger partial charge >= 0.3 is 5.97 Å². The predicted octanol–water partition coefficient (Wildman–Crippen LogP) is 1.08. The van der Waals surface area contributed by atoms with E-state index in [9.17, 15) is 4.79 Å². The first-order chi connectivity index (χ1) is 7.02. The van der Waals surface area contributed by atoms with Gasteiger partial charge in [-0.05, 0) is 19.9 Å². The number of hydrogen-bond acceptors (Lipinski definition) is 3. The summed E-state index contributed by atoms with van der Waals surface area (Å²) in [6.45, 7) is 3.54. The molecule has 15 heavy (non-hydrogen) atoms. The van der Waals surface area contributed by atoms with Crippen molar-refractivity contribution in [3.8, 4) is 0 Å². The van der Waals surface area contributed by atoms with Gasteiger partial charge in [-0.3, -0.25) is 0 Å². The fraction of sp³-hybridized carbons (Fsp3) is 0.400. The third-order valence-corrected chi connectivity index (χ3v) is 2.27. The Morgan fingerprint density at radius 2 is 2.33 bits per heavy atom. The van der Waals surface area contributed by atoms with Crippen molar-refractivity contribution < 1.29 is 14.7 Å². The minimum Gasteiger partial charge on any atom is -0.479 e. The Bertz CT molecular complexity index is 394. The number of rotatable bonds is 4. The zero-order valence-corrected chi connectivity index (χ0v) is 9.02. The molecule has 1 aromatic rings. The average molecular weight is 210 g/mol. The lowest BCUT2D eigenvalue weighted by molar-refractivity contribution is -0.142. The Kier molecular flexibility index (Phi) is 3.49. The van der Waals surface area contributed by atoms with Gasteiger partial charge in [-0.15, -0.1) is 0 Å². The number of aryl methyl sites for hydroxylation is 1. The Balaban J connectivity index is 2.64. The Morgan fingerprint density at radius 1 is 1.67 bits per heavy atom. The van der Waals surface area contributed by atoms with E-state index in [4.69, 9.17) is 5.11 Å². The van der Waals surface area contributed by atoms with Crippen LogP contribution in [-0.2, 0) is 16.7 Å². The van der Waals surface area contributed by atoms with E-state index < -0.39 is 12.6 Å². The molecule has 0 unspecified atom stereocenters. The van der Waals surface area contributed by atoms with E-state index in [0.717, 1.165) is 17.0 Å². The lowest BCUT2D eigenvalue weighted by Gasteiger charge is -1.98. The van der Waals surface area contributed by atoms with E-state index in [-0.39, 0.29) is 0 Å². The summed E-state index contributed by atoms with van der Waals surface area (Å²) in [4.78, 5) is 14.7. The second kappa shape index (κ2) is 4.63. The molecule has 0 spiro atoms. The van der Waals surface area contributed by atoms with Gasteiger partial charge in [0.15, 0.2) is 0 Å². The highest BCUT2D eigenvalue weighted by Gasteiger charge is 2.03. The highest BCUT2D eigenvalue weighted by atomic mass is 16.6. The Morgan fingerprint density at radius 3 is 2.80 bits per heavy atom. The second-order valence-electron chi connectivity index (χ2n) is 3.29. The topological polar surface area (TPSA) is 63.8 Å². The number of aromatic nitrogens is 1. The van der Waals surface area contributed by atoms with Crippen LogP contribution in [0.1, 0.15) is 17.0 Å². The van der Waals surface area contributed by atoms with Crippen LogP contribution in [0.2, 0.25) is 0 Å². The third kappa shape index (κ3) is 2.83. The molecule has 0 radical (unpaired) electrons. The molecule has 0 fully saturated rings. The van der Waals surface area contributed by atoms with Crippen molar-refractivity contribution in [1.82, 2.24) is 4.57 Å². The summed E-state index contributed by atoms with van der Waals surface area (Å²) in [6, 6.07) is 1.96. The predicted molar refractivity (Wildman–Crippen MR) is 56.1 cm³/mol. The highest BCUT2D eigenvalue weighted by molar-refractivity contribution is 5.81. The van der Waals surface area contributed by atoms with Gasteiger partial charge in [0.2, 0.25) is 6.61 Å². The number of carboxylic acids is 1. The first kappa shape index (κ1) is 11.3. The Labute approximate surface area is 88.0 Å². The van der Waals surface area contributed by atoms with Crippen LogP contribution >= 0.6 is 0 Å². The van der Waals surface area contributed by atoms with Crippen molar-refractivity contribution >= 4 is 12.2 Å². The summed E-state index contributed by atoms with van der Waals surface area (Å²) in [5.74, 6) is -1.03. The number of carbonyl (C=O) groups is 1. The molecular weight excluding hydrogens is 196 g/mol. The van der Waals surface area contributed by atoms with Crippen LogP contribution in [0.3, 0.4) is 0 Å².